The van der Waals surface area contributed by atoms with Gasteiger partial charge in [0.1, 0.15) is 5.82 Å². The second-order valence-electron chi connectivity index (χ2n) is 4.99. The van der Waals surface area contributed by atoms with Crippen molar-refractivity contribution in [1.29, 1.82) is 0 Å². The Morgan fingerprint density at radius 2 is 2.05 bits per heavy atom. The zero-order valence-corrected chi connectivity index (χ0v) is 13.3. The summed E-state index contributed by atoms with van der Waals surface area (Å²) >= 11 is 3.17. The van der Waals surface area contributed by atoms with Crippen LogP contribution in [0.1, 0.15) is 15.9 Å². The van der Waals surface area contributed by atoms with Crippen molar-refractivity contribution in [3.8, 4) is 0 Å². The van der Waals surface area contributed by atoms with Gasteiger partial charge in [-0.3, -0.25) is 4.79 Å². The Bertz CT molecular complexity index is 828. The van der Waals surface area contributed by atoms with Crippen LogP contribution in [0, 0.1) is 5.82 Å². The van der Waals surface area contributed by atoms with Crippen molar-refractivity contribution >= 4 is 32.7 Å². The zero-order valence-electron chi connectivity index (χ0n) is 11.7. The van der Waals surface area contributed by atoms with Gasteiger partial charge in [-0.1, -0.05) is 34.1 Å². The molecule has 5 heteroatoms. The number of amides is 1. The van der Waals surface area contributed by atoms with Crippen LogP contribution in [0.4, 0.5) is 4.39 Å². The van der Waals surface area contributed by atoms with Crippen LogP contribution in [0.15, 0.2) is 53.1 Å². The van der Waals surface area contributed by atoms with E-state index in [9.17, 15) is 9.18 Å². The summed E-state index contributed by atoms with van der Waals surface area (Å²) in [6.45, 7) is 0.455. The predicted molar refractivity (Wildman–Crippen MR) is 88.4 cm³/mol. The summed E-state index contributed by atoms with van der Waals surface area (Å²) in [5.74, 6) is -0.927. The first-order chi connectivity index (χ1) is 10.6. The van der Waals surface area contributed by atoms with E-state index in [1.807, 2.05) is 30.5 Å². The first-order valence-electron chi connectivity index (χ1n) is 6.93. The van der Waals surface area contributed by atoms with Crippen molar-refractivity contribution < 1.29 is 9.18 Å². The molecule has 0 aliphatic carbocycles. The number of fused-ring (bicyclic) bond motifs is 1. The minimum Gasteiger partial charge on any atom is -0.361 e. The van der Waals surface area contributed by atoms with E-state index in [0.29, 0.717) is 17.4 Å². The van der Waals surface area contributed by atoms with E-state index in [1.54, 1.807) is 6.07 Å². The molecule has 3 nitrogen and oxygen atoms in total. The third-order valence-electron chi connectivity index (χ3n) is 3.53. The Labute approximate surface area is 135 Å². The van der Waals surface area contributed by atoms with Gasteiger partial charge < -0.3 is 10.3 Å². The largest absolute Gasteiger partial charge is 0.361 e. The monoisotopic (exact) mass is 360 g/mol. The van der Waals surface area contributed by atoms with E-state index in [1.165, 1.54) is 12.1 Å². The highest BCUT2D eigenvalue weighted by Gasteiger charge is 2.11. The number of H-pyrrole nitrogens is 1. The lowest BCUT2D eigenvalue weighted by Gasteiger charge is -2.06. The Kier molecular flexibility index (Phi) is 4.24. The molecule has 0 radical (unpaired) electrons. The number of aromatic amines is 1. The van der Waals surface area contributed by atoms with Gasteiger partial charge in [-0.05, 0) is 36.2 Å². The molecular formula is C17H14BrFN2O. The van der Waals surface area contributed by atoms with Crippen LogP contribution < -0.4 is 5.32 Å². The van der Waals surface area contributed by atoms with Crippen molar-refractivity contribution in [2.24, 2.45) is 0 Å². The zero-order chi connectivity index (χ0) is 15.5. The number of hydrogen-bond donors (Lipinski definition) is 2. The van der Waals surface area contributed by atoms with Crippen LogP contribution in [0.3, 0.4) is 0 Å². The normalized spacial score (nSPS) is 10.8. The van der Waals surface area contributed by atoms with Gasteiger partial charge in [0, 0.05) is 28.1 Å². The molecule has 0 bridgehead atoms. The maximum Gasteiger partial charge on any atom is 0.254 e. The smallest absolute Gasteiger partial charge is 0.254 e. The highest BCUT2D eigenvalue weighted by Crippen LogP contribution is 2.18. The van der Waals surface area contributed by atoms with Crippen LogP contribution >= 0.6 is 15.9 Å². The van der Waals surface area contributed by atoms with Crippen LogP contribution in [0.2, 0.25) is 0 Å². The molecule has 0 aliphatic rings. The summed E-state index contributed by atoms with van der Waals surface area (Å²) < 4.78 is 14.3. The lowest BCUT2D eigenvalue weighted by Crippen LogP contribution is -2.26. The number of para-hydroxylation sites is 1. The summed E-state index contributed by atoms with van der Waals surface area (Å²) in [6, 6.07) is 12.4. The van der Waals surface area contributed by atoms with Gasteiger partial charge in [0.15, 0.2) is 0 Å². The minimum absolute atomic E-state index is 0.0575. The third-order valence-corrected chi connectivity index (χ3v) is 4.02. The molecule has 3 aromatic rings. The van der Waals surface area contributed by atoms with E-state index in [2.05, 4.69) is 26.2 Å². The molecule has 0 unspecified atom stereocenters. The van der Waals surface area contributed by atoms with Crippen LogP contribution in [0.25, 0.3) is 10.9 Å². The van der Waals surface area contributed by atoms with Crippen molar-refractivity contribution in [2.45, 2.75) is 6.42 Å². The molecule has 0 spiro atoms. The fourth-order valence-corrected chi connectivity index (χ4v) is 2.75. The number of halogens is 2. The number of hydrogen-bond acceptors (Lipinski definition) is 1. The first-order valence-corrected chi connectivity index (χ1v) is 7.72. The van der Waals surface area contributed by atoms with Crippen molar-refractivity contribution in [2.75, 3.05) is 6.54 Å². The Hall–Kier alpha value is -2.14. The maximum atomic E-state index is 13.7. The second kappa shape index (κ2) is 6.32. The number of aromatic nitrogens is 1. The van der Waals surface area contributed by atoms with E-state index in [4.69, 9.17) is 0 Å². The summed E-state index contributed by atoms with van der Waals surface area (Å²) in [6.07, 6.45) is 2.63. The first kappa shape index (κ1) is 14.8. The van der Waals surface area contributed by atoms with E-state index in [-0.39, 0.29) is 5.56 Å². The summed E-state index contributed by atoms with van der Waals surface area (Å²) in [4.78, 5) is 15.2. The number of rotatable bonds is 4. The van der Waals surface area contributed by atoms with Crippen molar-refractivity contribution in [3.05, 3.63) is 70.1 Å². The maximum absolute atomic E-state index is 13.7. The van der Waals surface area contributed by atoms with E-state index >= 15 is 0 Å². The molecule has 0 fully saturated rings. The number of nitrogens with one attached hydrogen (secondary N) is 2. The molecular weight excluding hydrogens is 347 g/mol. The molecule has 2 N–H and O–H groups in total. The molecule has 1 aromatic heterocycles. The predicted octanol–water partition coefficient (Wildman–Crippen LogP) is 4.04. The van der Waals surface area contributed by atoms with Crippen molar-refractivity contribution in [1.82, 2.24) is 10.3 Å². The molecule has 0 aliphatic heterocycles. The molecule has 2 aromatic carbocycles. The number of carbonyl (C=O) groups excluding carboxylic acids is 1. The third kappa shape index (κ3) is 3.04. The molecule has 0 saturated carbocycles. The SMILES string of the molecule is O=C(NCCc1c[nH]c2ccccc12)c1ccc(Br)cc1F. The number of benzene rings is 2. The van der Waals surface area contributed by atoms with Crippen LogP contribution in [-0.2, 0) is 6.42 Å². The van der Waals surface area contributed by atoms with Gasteiger partial charge in [-0.25, -0.2) is 4.39 Å². The van der Waals surface area contributed by atoms with Crippen LogP contribution in [-0.4, -0.2) is 17.4 Å². The average Bonchev–Trinajstić information content (AvgIpc) is 2.90. The highest BCUT2D eigenvalue weighted by atomic mass is 79.9. The summed E-state index contributed by atoms with van der Waals surface area (Å²) in [5, 5.41) is 3.90. The van der Waals surface area contributed by atoms with E-state index < -0.39 is 11.7 Å². The van der Waals surface area contributed by atoms with Gasteiger partial charge >= 0.3 is 0 Å². The average molecular weight is 361 g/mol. The lowest BCUT2D eigenvalue weighted by molar-refractivity contribution is 0.0950. The van der Waals surface area contributed by atoms with Gasteiger partial charge in [0.25, 0.3) is 5.91 Å². The molecule has 22 heavy (non-hydrogen) atoms. The molecule has 112 valence electrons. The van der Waals surface area contributed by atoms with Crippen molar-refractivity contribution in [3.63, 3.8) is 0 Å². The second-order valence-corrected chi connectivity index (χ2v) is 5.91. The Balaban J connectivity index is 1.64. The fraction of sp³-hybridized carbons (Fsp3) is 0.118. The number of carbonyl (C=O) groups is 1. The summed E-state index contributed by atoms with van der Waals surface area (Å²) in [7, 11) is 0. The molecule has 0 saturated heterocycles. The Morgan fingerprint density at radius 3 is 2.86 bits per heavy atom. The fourth-order valence-electron chi connectivity index (χ4n) is 2.42. The molecule has 1 heterocycles. The van der Waals surface area contributed by atoms with Gasteiger partial charge in [0.2, 0.25) is 0 Å². The Morgan fingerprint density at radius 1 is 1.23 bits per heavy atom. The molecule has 1 amide bonds. The van der Waals surface area contributed by atoms with Gasteiger partial charge in [-0.15, -0.1) is 0 Å². The summed E-state index contributed by atoms with van der Waals surface area (Å²) in [5.41, 5.74) is 2.26. The van der Waals surface area contributed by atoms with Crippen LogP contribution in [0.5, 0.6) is 0 Å². The quantitative estimate of drug-likeness (QED) is 0.724. The van der Waals surface area contributed by atoms with E-state index in [0.717, 1.165) is 16.5 Å². The topological polar surface area (TPSA) is 44.9 Å². The molecule has 0 atom stereocenters. The van der Waals surface area contributed by atoms with Gasteiger partial charge in [-0.2, -0.15) is 0 Å². The lowest BCUT2D eigenvalue weighted by atomic mass is 10.1. The molecule has 3 rings (SSSR count). The standard InChI is InChI=1S/C17H14BrFN2O/c18-12-5-6-14(15(19)9-12)17(22)20-8-7-11-10-21-16-4-2-1-3-13(11)16/h1-6,9-10,21H,7-8H2,(H,20,22). The highest BCUT2D eigenvalue weighted by molar-refractivity contribution is 9.10. The van der Waals surface area contributed by atoms with Gasteiger partial charge in [0.05, 0.1) is 5.56 Å². The minimum atomic E-state index is -0.529.